The summed E-state index contributed by atoms with van der Waals surface area (Å²) in [7, 11) is 0. The molecule has 2 heterocycles. The van der Waals surface area contributed by atoms with Crippen molar-refractivity contribution in [2.75, 3.05) is 10.2 Å². The van der Waals surface area contributed by atoms with Crippen LogP contribution < -0.4 is 10.2 Å². The Morgan fingerprint density at radius 2 is 1.79 bits per heavy atom. The lowest BCUT2D eigenvalue weighted by atomic mass is 10.1. The van der Waals surface area contributed by atoms with Crippen LogP contribution in [0.5, 0.6) is 0 Å². The largest absolute Gasteiger partial charge is 0.324 e. The third kappa shape index (κ3) is 3.74. The number of ketones is 1. The lowest BCUT2D eigenvalue weighted by Crippen LogP contribution is -2.36. The smallest absolute Gasteiger partial charge is 0.277 e. The van der Waals surface area contributed by atoms with Gasteiger partial charge in [0.15, 0.2) is 5.78 Å². The zero-order valence-corrected chi connectivity index (χ0v) is 16.6. The van der Waals surface area contributed by atoms with Crippen LogP contribution >= 0.6 is 0 Å². The molecule has 29 heavy (non-hydrogen) atoms. The van der Waals surface area contributed by atoms with Gasteiger partial charge in [-0.2, -0.15) is 0 Å². The second kappa shape index (κ2) is 7.47. The molecule has 1 amide bonds. The van der Waals surface area contributed by atoms with Crippen LogP contribution in [0.1, 0.15) is 46.0 Å². The molecular weight excluding hydrogens is 364 g/mol. The number of hydrogen-bond acceptors (Lipinski definition) is 5. The fourth-order valence-corrected chi connectivity index (χ4v) is 3.65. The number of aryl methyl sites for hydroxylation is 1. The number of carbonyl (C=O) groups excluding carboxylic acids is 2. The van der Waals surface area contributed by atoms with E-state index >= 15 is 0 Å². The maximum Gasteiger partial charge on any atom is 0.277 e. The van der Waals surface area contributed by atoms with Crippen molar-refractivity contribution in [3.05, 3.63) is 77.1 Å². The number of nitrogens with zero attached hydrogens (tertiary/aromatic N) is 3. The predicted molar refractivity (Wildman–Crippen MR) is 113 cm³/mol. The standard InChI is InChI=1S/C23H22N4O2/c1-14-12-20(22(29)27-15(2)13-18-6-4-5-7-21(18)27)26-23(24-14)25-19-10-8-17(9-11-19)16(3)28/h4-12,15H,13H2,1-3H3,(H,24,25,26). The third-order valence-electron chi connectivity index (χ3n) is 5.05. The molecule has 1 unspecified atom stereocenters. The van der Waals surface area contributed by atoms with E-state index in [4.69, 9.17) is 0 Å². The highest BCUT2D eigenvalue weighted by atomic mass is 16.2. The van der Waals surface area contributed by atoms with Crippen LogP contribution in [0.25, 0.3) is 0 Å². The molecule has 3 aromatic rings. The second-order valence-electron chi connectivity index (χ2n) is 7.33. The van der Waals surface area contributed by atoms with Gasteiger partial charge in [0.05, 0.1) is 0 Å². The Hall–Kier alpha value is -3.54. The van der Waals surface area contributed by atoms with Crippen molar-refractivity contribution in [1.82, 2.24) is 9.97 Å². The summed E-state index contributed by atoms with van der Waals surface area (Å²) in [6.07, 6.45) is 0.833. The van der Waals surface area contributed by atoms with Gasteiger partial charge in [0, 0.05) is 28.7 Å². The monoisotopic (exact) mass is 386 g/mol. The highest BCUT2D eigenvalue weighted by molar-refractivity contribution is 6.06. The number of hydrogen-bond donors (Lipinski definition) is 1. The van der Waals surface area contributed by atoms with E-state index in [1.807, 2.05) is 36.9 Å². The molecule has 4 rings (SSSR count). The molecule has 6 heteroatoms. The molecule has 6 nitrogen and oxygen atoms in total. The molecule has 2 aromatic carbocycles. The second-order valence-corrected chi connectivity index (χ2v) is 7.33. The van der Waals surface area contributed by atoms with Gasteiger partial charge < -0.3 is 10.2 Å². The number of rotatable bonds is 4. The minimum Gasteiger partial charge on any atom is -0.324 e. The highest BCUT2D eigenvalue weighted by Crippen LogP contribution is 2.33. The summed E-state index contributed by atoms with van der Waals surface area (Å²) in [6, 6.07) is 16.8. The summed E-state index contributed by atoms with van der Waals surface area (Å²) in [5.41, 5.74) is 4.55. The van der Waals surface area contributed by atoms with Gasteiger partial charge in [-0.15, -0.1) is 0 Å². The first-order valence-electron chi connectivity index (χ1n) is 9.57. The zero-order chi connectivity index (χ0) is 20.5. The van der Waals surface area contributed by atoms with Crippen LogP contribution in [0.4, 0.5) is 17.3 Å². The quantitative estimate of drug-likeness (QED) is 0.676. The predicted octanol–water partition coefficient (Wildman–Crippen LogP) is 4.32. The van der Waals surface area contributed by atoms with Crippen LogP contribution in [0.3, 0.4) is 0 Å². The molecule has 1 aliphatic heterocycles. The van der Waals surface area contributed by atoms with Gasteiger partial charge in [0.1, 0.15) is 5.69 Å². The Morgan fingerprint density at radius 3 is 2.52 bits per heavy atom. The Labute approximate surface area is 169 Å². The third-order valence-corrected chi connectivity index (χ3v) is 5.05. The molecule has 1 atom stereocenters. The fraction of sp³-hybridized carbons (Fsp3) is 0.217. The lowest BCUT2D eigenvalue weighted by molar-refractivity contribution is 0.0975. The molecule has 0 bridgehead atoms. The maximum atomic E-state index is 13.3. The summed E-state index contributed by atoms with van der Waals surface area (Å²) < 4.78 is 0. The van der Waals surface area contributed by atoms with Crippen molar-refractivity contribution >= 4 is 29.0 Å². The van der Waals surface area contributed by atoms with E-state index in [0.717, 1.165) is 17.8 Å². The molecule has 0 radical (unpaired) electrons. The van der Waals surface area contributed by atoms with Crippen molar-refractivity contribution in [1.29, 1.82) is 0 Å². The molecule has 1 aliphatic rings. The first kappa shape index (κ1) is 18.8. The van der Waals surface area contributed by atoms with Crippen LogP contribution in [-0.2, 0) is 6.42 Å². The molecule has 1 N–H and O–H groups in total. The number of benzene rings is 2. The average molecular weight is 386 g/mol. The van der Waals surface area contributed by atoms with Gasteiger partial charge in [-0.3, -0.25) is 9.59 Å². The van der Waals surface area contributed by atoms with Gasteiger partial charge >= 0.3 is 0 Å². The van der Waals surface area contributed by atoms with E-state index < -0.39 is 0 Å². The van der Waals surface area contributed by atoms with Gasteiger partial charge in [0.25, 0.3) is 5.91 Å². The Balaban J connectivity index is 1.61. The molecule has 0 saturated carbocycles. The Kier molecular flexibility index (Phi) is 4.84. The maximum absolute atomic E-state index is 13.3. The van der Waals surface area contributed by atoms with Crippen LogP contribution in [0, 0.1) is 6.92 Å². The van der Waals surface area contributed by atoms with Crippen molar-refractivity contribution in [2.45, 2.75) is 33.2 Å². The van der Waals surface area contributed by atoms with Crippen LogP contribution in [-0.4, -0.2) is 27.7 Å². The molecule has 0 spiro atoms. The summed E-state index contributed by atoms with van der Waals surface area (Å²) in [6.45, 7) is 5.41. The number of para-hydroxylation sites is 1. The number of aromatic nitrogens is 2. The molecule has 146 valence electrons. The van der Waals surface area contributed by atoms with E-state index in [1.54, 1.807) is 30.3 Å². The van der Waals surface area contributed by atoms with Crippen molar-refractivity contribution in [2.24, 2.45) is 0 Å². The summed E-state index contributed by atoms with van der Waals surface area (Å²) >= 11 is 0. The van der Waals surface area contributed by atoms with E-state index in [0.29, 0.717) is 22.9 Å². The molecule has 1 aromatic heterocycles. The Morgan fingerprint density at radius 1 is 1.07 bits per heavy atom. The average Bonchev–Trinajstić information content (AvgIpc) is 3.03. The van der Waals surface area contributed by atoms with Gasteiger partial charge in [0.2, 0.25) is 5.95 Å². The van der Waals surface area contributed by atoms with Crippen molar-refractivity contribution in [3.63, 3.8) is 0 Å². The molecule has 0 saturated heterocycles. The summed E-state index contributed by atoms with van der Waals surface area (Å²) in [5.74, 6) is 0.225. The normalized spacial score (nSPS) is 15.1. The number of anilines is 3. The highest BCUT2D eigenvalue weighted by Gasteiger charge is 2.32. The number of carbonyl (C=O) groups is 2. The minimum atomic E-state index is -0.136. The van der Waals surface area contributed by atoms with Crippen LogP contribution in [0.15, 0.2) is 54.6 Å². The number of Topliss-reactive ketones (excluding diaryl/α,β-unsaturated/α-hetero) is 1. The number of fused-ring (bicyclic) bond motifs is 1. The first-order chi connectivity index (χ1) is 13.9. The Bertz CT molecular complexity index is 1090. The number of nitrogens with one attached hydrogen (secondary N) is 1. The van der Waals surface area contributed by atoms with Crippen LogP contribution in [0.2, 0.25) is 0 Å². The topological polar surface area (TPSA) is 75.2 Å². The lowest BCUT2D eigenvalue weighted by Gasteiger charge is -2.22. The van der Waals surface area contributed by atoms with E-state index in [1.165, 1.54) is 12.5 Å². The molecular formula is C23H22N4O2. The van der Waals surface area contributed by atoms with E-state index in [9.17, 15) is 9.59 Å². The zero-order valence-electron chi connectivity index (χ0n) is 16.6. The van der Waals surface area contributed by atoms with E-state index in [2.05, 4.69) is 21.4 Å². The fourth-order valence-electron chi connectivity index (χ4n) is 3.65. The van der Waals surface area contributed by atoms with Crippen molar-refractivity contribution in [3.8, 4) is 0 Å². The summed E-state index contributed by atoms with van der Waals surface area (Å²) in [4.78, 5) is 35.4. The van der Waals surface area contributed by atoms with Gasteiger partial charge in [-0.1, -0.05) is 18.2 Å². The molecule has 0 aliphatic carbocycles. The SMILES string of the molecule is CC(=O)c1ccc(Nc2nc(C)cc(C(=O)N3c4ccccc4CC3C)n2)cc1. The molecule has 0 fully saturated rings. The first-order valence-corrected chi connectivity index (χ1v) is 9.57. The van der Waals surface area contributed by atoms with Crippen molar-refractivity contribution < 1.29 is 9.59 Å². The van der Waals surface area contributed by atoms with E-state index in [-0.39, 0.29) is 17.7 Å². The summed E-state index contributed by atoms with van der Waals surface area (Å²) in [5, 5.41) is 3.12. The minimum absolute atomic E-state index is 0.0104. The van der Waals surface area contributed by atoms with Gasteiger partial charge in [-0.05, 0) is 69.2 Å². The van der Waals surface area contributed by atoms with Gasteiger partial charge in [-0.25, -0.2) is 9.97 Å². The number of amides is 1.